The molecule has 0 aliphatic heterocycles. The average Bonchev–Trinajstić information content (AvgIpc) is 2.65. The molecule has 0 spiro atoms. The summed E-state index contributed by atoms with van der Waals surface area (Å²) in [6.07, 6.45) is 2.09. The highest BCUT2D eigenvalue weighted by Gasteiger charge is 2.42. The number of hydrogen-bond donors (Lipinski definition) is 0. The lowest BCUT2D eigenvalue weighted by molar-refractivity contribution is 1.71. The van der Waals surface area contributed by atoms with E-state index in [0.717, 1.165) is 0 Å². The summed E-state index contributed by atoms with van der Waals surface area (Å²) >= 11 is 6.00. The molecule has 0 aromatic heterocycles. The molecule has 0 saturated heterocycles. The molecule has 0 nitrogen and oxygen atoms in total. The van der Waals surface area contributed by atoms with Crippen LogP contribution < -0.4 is 15.9 Å². The highest BCUT2D eigenvalue weighted by atomic mass is 35.5. The number of rotatable bonds is 5. The molecule has 0 unspecified atom stereocenters. The smallest absolute Gasteiger partial charge is 0.122 e. The van der Waals surface area contributed by atoms with Crippen LogP contribution in [0.15, 0.2) is 103 Å². The van der Waals surface area contributed by atoms with Crippen molar-refractivity contribution in [1.29, 1.82) is 0 Å². The Kier molecular flexibility index (Phi) is 5.28. The van der Waals surface area contributed by atoms with E-state index in [9.17, 15) is 0 Å². The van der Waals surface area contributed by atoms with E-state index in [4.69, 9.17) is 11.6 Å². The van der Waals surface area contributed by atoms with Crippen molar-refractivity contribution in [3.05, 3.63) is 103 Å². The first-order valence-corrected chi connectivity index (χ1v) is 10.1. The first-order chi connectivity index (χ1) is 11.4. The summed E-state index contributed by atoms with van der Waals surface area (Å²) in [6.45, 7) is 0. The Morgan fingerprint density at radius 1 is 0.609 bits per heavy atom. The molecule has 0 heterocycles. The topological polar surface area (TPSA) is 0 Å². The van der Waals surface area contributed by atoms with Crippen molar-refractivity contribution in [3.63, 3.8) is 0 Å². The molecule has 0 bridgehead atoms. The highest BCUT2D eigenvalue weighted by molar-refractivity contribution is 7.98. The molecule has 0 saturated carbocycles. The monoisotopic (exact) mass is 337 g/mol. The fourth-order valence-corrected chi connectivity index (χ4v) is 6.87. The Balaban J connectivity index is 2.33. The van der Waals surface area contributed by atoms with Crippen LogP contribution >= 0.6 is 18.9 Å². The van der Waals surface area contributed by atoms with Gasteiger partial charge in [0, 0.05) is 5.88 Å². The van der Waals surface area contributed by atoms with E-state index < -0.39 is 7.26 Å². The van der Waals surface area contributed by atoms with Crippen molar-refractivity contribution >= 4 is 34.8 Å². The average molecular weight is 338 g/mol. The van der Waals surface area contributed by atoms with Crippen LogP contribution in [0.5, 0.6) is 0 Å². The number of alkyl halides is 1. The second kappa shape index (κ2) is 7.59. The summed E-state index contributed by atoms with van der Waals surface area (Å²) < 4.78 is 0. The minimum Gasteiger partial charge on any atom is -0.122 e. The maximum absolute atomic E-state index is 6.00. The van der Waals surface area contributed by atoms with Crippen LogP contribution in [0, 0.1) is 0 Å². The summed E-state index contributed by atoms with van der Waals surface area (Å²) in [5.41, 5.74) is 0. The first kappa shape index (κ1) is 16.0. The van der Waals surface area contributed by atoms with Gasteiger partial charge in [0.1, 0.15) is 23.2 Å². The van der Waals surface area contributed by atoms with Crippen LogP contribution in [0.1, 0.15) is 0 Å². The van der Waals surface area contributed by atoms with Crippen molar-refractivity contribution in [1.82, 2.24) is 0 Å². The van der Waals surface area contributed by atoms with Gasteiger partial charge in [0.2, 0.25) is 0 Å². The fourth-order valence-electron chi connectivity index (χ4n) is 2.89. The predicted molar refractivity (Wildman–Crippen MR) is 105 cm³/mol. The van der Waals surface area contributed by atoms with Crippen LogP contribution in [0.4, 0.5) is 0 Å². The van der Waals surface area contributed by atoms with Crippen molar-refractivity contribution in [2.45, 2.75) is 0 Å². The van der Waals surface area contributed by atoms with E-state index in [0.29, 0.717) is 5.88 Å². The van der Waals surface area contributed by atoms with Crippen molar-refractivity contribution in [2.75, 3.05) is 5.88 Å². The Bertz CT molecular complexity index is 655. The van der Waals surface area contributed by atoms with E-state index >= 15 is 0 Å². The van der Waals surface area contributed by atoms with Crippen LogP contribution in [-0.2, 0) is 0 Å². The van der Waals surface area contributed by atoms with Gasteiger partial charge in [0.05, 0.1) is 5.82 Å². The number of halogens is 1. The third kappa shape index (κ3) is 3.24. The van der Waals surface area contributed by atoms with Gasteiger partial charge in [0.15, 0.2) is 0 Å². The van der Waals surface area contributed by atoms with Gasteiger partial charge in [0.25, 0.3) is 0 Å². The first-order valence-electron chi connectivity index (χ1n) is 7.67. The van der Waals surface area contributed by atoms with Gasteiger partial charge < -0.3 is 0 Å². The molecular formula is C21H19ClP+. The molecule has 3 rings (SSSR count). The number of benzene rings is 3. The lowest BCUT2D eigenvalue weighted by Crippen LogP contribution is -2.29. The lowest BCUT2D eigenvalue weighted by Gasteiger charge is -2.23. The zero-order valence-corrected chi connectivity index (χ0v) is 14.5. The summed E-state index contributed by atoms with van der Waals surface area (Å²) in [5, 5.41) is 4.04. The van der Waals surface area contributed by atoms with Crippen molar-refractivity contribution in [2.24, 2.45) is 0 Å². The molecule has 23 heavy (non-hydrogen) atoms. The molecule has 0 atom stereocenters. The SMILES string of the molecule is ClCC=C[P+](c1ccccc1)(c1ccccc1)c1ccccc1. The van der Waals surface area contributed by atoms with E-state index in [1.165, 1.54) is 15.9 Å². The molecule has 0 N–H and O–H groups in total. The second-order valence-corrected chi connectivity index (χ2v) is 8.87. The maximum atomic E-state index is 6.00. The van der Waals surface area contributed by atoms with Crippen LogP contribution in [0.2, 0.25) is 0 Å². The Labute approximate surface area is 143 Å². The molecule has 3 aromatic carbocycles. The molecule has 3 aromatic rings. The maximum Gasteiger partial charge on any atom is 0.136 e. The van der Waals surface area contributed by atoms with Gasteiger partial charge in [-0.3, -0.25) is 0 Å². The van der Waals surface area contributed by atoms with Gasteiger partial charge in [-0.05, 0) is 42.5 Å². The fraction of sp³-hybridized carbons (Fsp3) is 0.0476. The Morgan fingerprint density at radius 3 is 1.26 bits per heavy atom. The largest absolute Gasteiger partial charge is 0.136 e. The minimum atomic E-state index is -1.83. The molecule has 114 valence electrons. The standard InChI is InChI=1S/C21H19ClP/c22-17-10-18-23(19-11-4-1-5-12-19,20-13-6-2-7-14-20)21-15-8-3-9-16-21/h1-16,18H,17H2/q+1. The van der Waals surface area contributed by atoms with E-state index in [-0.39, 0.29) is 0 Å². The molecule has 0 amide bonds. The second-order valence-electron chi connectivity index (χ2n) is 5.27. The molecule has 2 heteroatoms. The third-order valence-electron chi connectivity index (χ3n) is 3.91. The van der Waals surface area contributed by atoms with Gasteiger partial charge in [-0.2, -0.15) is 0 Å². The summed E-state index contributed by atoms with van der Waals surface area (Å²) in [6, 6.07) is 32.3. The number of hydrogen-bond acceptors (Lipinski definition) is 0. The van der Waals surface area contributed by atoms with Gasteiger partial charge in [-0.25, -0.2) is 0 Å². The van der Waals surface area contributed by atoms with Crippen LogP contribution in [0.25, 0.3) is 0 Å². The Hall–Kier alpha value is -1.88. The lowest BCUT2D eigenvalue weighted by atomic mass is 10.4. The zero-order chi connectivity index (χ0) is 16.0. The third-order valence-corrected chi connectivity index (χ3v) is 8.08. The highest BCUT2D eigenvalue weighted by Crippen LogP contribution is 2.56. The molecule has 0 fully saturated rings. The molecule has 0 aliphatic rings. The summed E-state index contributed by atoms with van der Waals surface area (Å²) in [4.78, 5) is 0. The van der Waals surface area contributed by atoms with E-state index in [1.54, 1.807) is 0 Å². The zero-order valence-electron chi connectivity index (χ0n) is 12.8. The normalized spacial score (nSPS) is 11.7. The van der Waals surface area contributed by atoms with Crippen LogP contribution in [-0.4, -0.2) is 5.88 Å². The molecule has 0 radical (unpaired) electrons. The van der Waals surface area contributed by atoms with Gasteiger partial charge in [-0.15, -0.1) is 11.6 Å². The number of allylic oxidation sites excluding steroid dienone is 1. The van der Waals surface area contributed by atoms with Gasteiger partial charge >= 0.3 is 0 Å². The minimum absolute atomic E-state index is 0.522. The summed E-state index contributed by atoms with van der Waals surface area (Å²) in [7, 11) is -1.83. The van der Waals surface area contributed by atoms with Crippen molar-refractivity contribution in [3.8, 4) is 0 Å². The van der Waals surface area contributed by atoms with Gasteiger partial charge in [-0.1, -0.05) is 54.6 Å². The predicted octanol–water partition coefficient (Wildman–Crippen LogP) is 4.73. The molecular weight excluding hydrogens is 319 g/mol. The Morgan fingerprint density at radius 2 is 0.957 bits per heavy atom. The summed E-state index contributed by atoms with van der Waals surface area (Å²) in [5.74, 6) is 2.86. The van der Waals surface area contributed by atoms with Crippen LogP contribution in [0.3, 0.4) is 0 Å². The molecule has 0 aliphatic carbocycles. The quantitative estimate of drug-likeness (QED) is 0.466. The van der Waals surface area contributed by atoms with E-state index in [1.807, 2.05) is 0 Å². The van der Waals surface area contributed by atoms with E-state index in [2.05, 4.69) is 103 Å². The van der Waals surface area contributed by atoms with Crippen molar-refractivity contribution < 1.29 is 0 Å².